The first-order chi connectivity index (χ1) is 9.47. The van der Waals surface area contributed by atoms with Gasteiger partial charge in [-0.15, -0.1) is 0 Å². The van der Waals surface area contributed by atoms with Gasteiger partial charge in [0.25, 0.3) is 5.91 Å². The first-order valence-electron chi connectivity index (χ1n) is 5.76. The maximum Gasteiger partial charge on any atom is 0.266 e. The number of benzene rings is 1. The maximum atomic E-state index is 12.1. The summed E-state index contributed by atoms with van der Waals surface area (Å²) in [5.41, 5.74) is 0.734. The van der Waals surface area contributed by atoms with E-state index in [4.69, 9.17) is 40.2 Å². The summed E-state index contributed by atoms with van der Waals surface area (Å²) < 4.78 is 5.65. The number of halogens is 2. The number of amides is 1. The van der Waals surface area contributed by atoms with Crippen molar-refractivity contribution in [3.8, 4) is 5.75 Å². The largest absolute Gasteiger partial charge is 0.494 e. The minimum absolute atomic E-state index is 0.0921. The molecule has 0 atom stereocenters. The number of carbonyl (C=O) groups is 1. The van der Waals surface area contributed by atoms with Gasteiger partial charge >= 0.3 is 0 Å². The fourth-order valence-corrected chi connectivity index (χ4v) is 3.82. The van der Waals surface area contributed by atoms with Crippen LogP contribution >= 0.6 is 47.2 Å². The number of likely N-dealkylation sites (N-methyl/N-ethyl adjacent to an activating group) is 1. The summed E-state index contributed by atoms with van der Waals surface area (Å²) in [7, 11) is 1.50. The van der Waals surface area contributed by atoms with Crippen LogP contribution in [0.5, 0.6) is 5.75 Å². The van der Waals surface area contributed by atoms with Gasteiger partial charge in [0.05, 0.1) is 22.1 Å². The van der Waals surface area contributed by atoms with Crippen molar-refractivity contribution in [1.82, 2.24) is 4.90 Å². The van der Waals surface area contributed by atoms with Crippen molar-refractivity contribution < 1.29 is 9.53 Å². The summed E-state index contributed by atoms with van der Waals surface area (Å²) in [6, 6.07) is 3.40. The molecule has 0 spiro atoms. The number of rotatable bonds is 3. The Hall–Kier alpha value is -0.750. The molecule has 1 saturated heterocycles. The van der Waals surface area contributed by atoms with Crippen LogP contribution < -0.4 is 4.74 Å². The fourth-order valence-electron chi connectivity index (χ4n) is 1.78. The number of nitrogens with zero attached hydrogens (tertiary/aromatic N) is 1. The van der Waals surface area contributed by atoms with Gasteiger partial charge in [0, 0.05) is 6.54 Å². The minimum Gasteiger partial charge on any atom is -0.494 e. The number of ether oxygens (including phenoxy) is 1. The number of hydrogen-bond acceptors (Lipinski definition) is 4. The van der Waals surface area contributed by atoms with Gasteiger partial charge in [-0.1, -0.05) is 47.2 Å². The van der Waals surface area contributed by atoms with E-state index in [1.54, 1.807) is 23.1 Å². The zero-order valence-corrected chi connectivity index (χ0v) is 13.9. The lowest BCUT2D eigenvalue weighted by Crippen LogP contribution is -2.27. The first-order valence-corrected chi connectivity index (χ1v) is 7.74. The van der Waals surface area contributed by atoms with Crippen LogP contribution in [0.25, 0.3) is 6.08 Å². The van der Waals surface area contributed by atoms with Crippen LogP contribution in [0, 0.1) is 0 Å². The first kappa shape index (κ1) is 15.6. The van der Waals surface area contributed by atoms with E-state index >= 15 is 0 Å². The van der Waals surface area contributed by atoms with Crippen LogP contribution in [0.15, 0.2) is 17.0 Å². The molecule has 1 aliphatic rings. The molecule has 0 N–H and O–H groups in total. The van der Waals surface area contributed by atoms with Crippen LogP contribution in [0.2, 0.25) is 10.0 Å². The molecule has 106 valence electrons. The van der Waals surface area contributed by atoms with Crippen molar-refractivity contribution in [3.63, 3.8) is 0 Å². The molecule has 1 aliphatic heterocycles. The van der Waals surface area contributed by atoms with E-state index < -0.39 is 0 Å². The summed E-state index contributed by atoms with van der Waals surface area (Å²) in [5.74, 6) is 0.331. The second-order valence-electron chi connectivity index (χ2n) is 3.94. The van der Waals surface area contributed by atoms with Gasteiger partial charge < -0.3 is 4.74 Å². The van der Waals surface area contributed by atoms with Crippen LogP contribution in [-0.2, 0) is 4.79 Å². The molecule has 0 bridgehead atoms. The lowest BCUT2D eigenvalue weighted by molar-refractivity contribution is -0.121. The quantitative estimate of drug-likeness (QED) is 0.604. The highest BCUT2D eigenvalue weighted by atomic mass is 35.5. The van der Waals surface area contributed by atoms with E-state index in [1.165, 1.54) is 18.9 Å². The van der Waals surface area contributed by atoms with Crippen LogP contribution in [0.4, 0.5) is 0 Å². The van der Waals surface area contributed by atoms with Gasteiger partial charge in [-0.25, -0.2) is 0 Å². The van der Waals surface area contributed by atoms with Crippen molar-refractivity contribution in [1.29, 1.82) is 0 Å². The number of thiocarbonyl (C=S) groups is 1. The third-order valence-corrected chi connectivity index (χ3v) is 4.65. The standard InChI is InChI=1S/C13H11Cl2NO2S2/c1-3-16-12(17)10(20-13(16)19)6-7-4-8(14)11(18-2)9(15)5-7/h4-6H,3H2,1-2H3. The Balaban J connectivity index is 2.37. The second-order valence-corrected chi connectivity index (χ2v) is 6.43. The van der Waals surface area contributed by atoms with E-state index in [2.05, 4.69) is 0 Å². The molecular weight excluding hydrogens is 337 g/mol. The Morgan fingerprint density at radius 3 is 2.45 bits per heavy atom. The van der Waals surface area contributed by atoms with Gasteiger partial charge in [0.1, 0.15) is 4.32 Å². The smallest absolute Gasteiger partial charge is 0.266 e. The number of methoxy groups -OCH3 is 1. The number of hydrogen-bond donors (Lipinski definition) is 0. The molecular formula is C13H11Cl2NO2S2. The van der Waals surface area contributed by atoms with Gasteiger partial charge in [0.15, 0.2) is 5.75 Å². The molecule has 1 heterocycles. The van der Waals surface area contributed by atoms with Crippen molar-refractivity contribution in [2.75, 3.05) is 13.7 Å². The average Bonchev–Trinajstić information content (AvgIpc) is 2.63. The Labute approximate surface area is 136 Å². The van der Waals surface area contributed by atoms with Crippen LogP contribution in [0.3, 0.4) is 0 Å². The molecule has 7 heteroatoms. The normalized spacial score (nSPS) is 17.2. The van der Waals surface area contributed by atoms with E-state index in [0.717, 1.165) is 5.56 Å². The minimum atomic E-state index is -0.0921. The zero-order valence-electron chi connectivity index (χ0n) is 10.8. The molecule has 2 rings (SSSR count). The van der Waals surface area contributed by atoms with Gasteiger partial charge in [-0.05, 0) is 30.7 Å². The molecule has 20 heavy (non-hydrogen) atoms. The van der Waals surface area contributed by atoms with Crippen LogP contribution in [0.1, 0.15) is 12.5 Å². The third kappa shape index (κ3) is 2.96. The summed E-state index contributed by atoms with van der Waals surface area (Å²) in [6.07, 6.45) is 1.73. The van der Waals surface area contributed by atoms with Crippen molar-refractivity contribution in [2.45, 2.75) is 6.92 Å². The Morgan fingerprint density at radius 1 is 1.40 bits per heavy atom. The lowest BCUT2D eigenvalue weighted by atomic mass is 10.2. The van der Waals surface area contributed by atoms with E-state index in [0.29, 0.717) is 31.6 Å². The summed E-state index contributed by atoms with van der Waals surface area (Å²) >= 11 is 18.6. The highest BCUT2D eigenvalue weighted by Crippen LogP contribution is 2.37. The van der Waals surface area contributed by atoms with Crippen molar-refractivity contribution in [3.05, 3.63) is 32.6 Å². The lowest BCUT2D eigenvalue weighted by Gasteiger charge is -2.09. The molecule has 0 aromatic heterocycles. The Bertz CT molecular complexity index is 593. The highest BCUT2D eigenvalue weighted by molar-refractivity contribution is 8.26. The molecule has 0 aliphatic carbocycles. The van der Waals surface area contributed by atoms with E-state index in [9.17, 15) is 4.79 Å². The Morgan fingerprint density at radius 2 is 2.00 bits per heavy atom. The summed E-state index contributed by atoms with van der Waals surface area (Å²) in [4.78, 5) is 14.2. The molecule has 1 aromatic rings. The van der Waals surface area contributed by atoms with Crippen molar-refractivity contribution >= 4 is 63.5 Å². The topological polar surface area (TPSA) is 29.5 Å². The molecule has 1 aromatic carbocycles. The SMILES string of the molecule is CCN1C(=O)C(=Cc2cc(Cl)c(OC)c(Cl)c2)SC1=S. The molecule has 3 nitrogen and oxygen atoms in total. The fraction of sp³-hybridized carbons (Fsp3) is 0.231. The number of carbonyl (C=O) groups excluding carboxylic acids is 1. The number of thioether (sulfide) groups is 1. The molecule has 0 saturated carbocycles. The maximum absolute atomic E-state index is 12.1. The average molecular weight is 348 g/mol. The van der Waals surface area contributed by atoms with Gasteiger partial charge in [-0.2, -0.15) is 0 Å². The van der Waals surface area contributed by atoms with Crippen molar-refractivity contribution in [2.24, 2.45) is 0 Å². The zero-order chi connectivity index (χ0) is 14.9. The summed E-state index contributed by atoms with van der Waals surface area (Å²) in [6.45, 7) is 2.45. The predicted molar refractivity (Wildman–Crippen MR) is 88.6 cm³/mol. The van der Waals surface area contributed by atoms with Crippen LogP contribution in [-0.4, -0.2) is 28.8 Å². The second kappa shape index (κ2) is 6.35. The molecule has 1 fully saturated rings. The summed E-state index contributed by atoms with van der Waals surface area (Å²) in [5, 5.41) is 0.800. The van der Waals surface area contributed by atoms with E-state index in [-0.39, 0.29) is 5.91 Å². The monoisotopic (exact) mass is 347 g/mol. The van der Waals surface area contributed by atoms with Gasteiger partial charge in [-0.3, -0.25) is 9.69 Å². The third-order valence-electron chi connectivity index (χ3n) is 2.71. The predicted octanol–water partition coefficient (Wildman–Crippen LogP) is 4.22. The Kier molecular flexibility index (Phi) is 4.96. The highest BCUT2D eigenvalue weighted by Gasteiger charge is 2.30. The molecule has 0 radical (unpaired) electrons. The van der Waals surface area contributed by atoms with Gasteiger partial charge in [0.2, 0.25) is 0 Å². The van der Waals surface area contributed by atoms with E-state index in [1.807, 2.05) is 6.92 Å². The molecule has 0 unspecified atom stereocenters. The molecule has 1 amide bonds.